The molecule has 0 atom stereocenters. The molecule has 0 aliphatic carbocycles. The van der Waals surface area contributed by atoms with Crippen LogP contribution < -0.4 is 0 Å². The lowest BCUT2D eigenvalue weighted by Crippen LogP contribution is -2.58. The number of allylic oxidation sites excluding steroid dienone is 2. The van der Waals surface area contributed by atoms with Gasteiger partial charge in [0.15, 0.2) is 0 Å². The number of aliphatic hydroxyl groups is 1. The van der Waals surface area contributed by atoms with Crippen LogP contribution in [-0.2, 0) is 0 Å². The lowest BCUT2D eigenvalue weighted by atomic mass is 9.92. The number of rotatable bonds is 4. The van der Waals surface area contributed by atoms with E-state index in [9.17, 15) is 26.3 Å². The highest BCUT2D eigenvalue weighted by Gasteiger charge is 2.72. The summed E-state index contributed by atoms with van der Waals surface area (Å²) in [6, 6.07) is 0. The molecule has 0 aromatic heterocycles. The number of nitrogens with zero attached hydrogens (tertiary/aromatic N) is 1. The number of hydrogen-bond acceptors (Lipinski definition) is 2. The summed E-state index contributed by atoms with van der Waals surface area (Å²) >= 11 is 0. The Labute approximate surface area is 98.6 Å². The molecule has 8 heteroatoms. The van der Waals surface area contributed by atoms with E-state index in [4.69, 9.17) is 5.11 Å². The van der Waals surface area contributed by atoms with Gasteiger partial charge in [-0.25, -0.2) is 0 Å². The van der Waals surface area contributed by atoms with Gasteiger partial charge < -0.3 is 5.11 Å². The maximum Gasteiger partial charge on any atom is 0.430 e. The maximum absolute atomic E-state index is 12.5. The van der Waals surface area contributed by atoms with Gasteiger partial charge in [0, 0.05) is 18.0 Å². The Bertz CT molecular complexity index is 363. The van der Waals surface area contributed by atoms with Crippen LogP contribution in [0.2, 0.25) is 0 Å². The summed E-state index contributed by atoms with van der Waals surface area (Å²) in [5, 5.41) is 9.01. The lowest BCUT2D eigenvalue weighted by Gasteiger charge is -2.32. The molecule has 2 nitrogen and oxygen atoms in total. The maximum atomic E-state index is 12.5. The summed E-state index contributed by atoms with van der Waals surface area (Å²) in [4.78, 5) is 3.05. The molecule has 0 spiro atoms. The summed E-state index contributed by atoms with van der Waals surface area (Å²) < 4.78 is 74.8. The van der Waals surface area contributed by atoms with E-state index in [2.05, 4.69) is 18.2 Å². The summed E-state index contributed by atoms with van der Waals surface area (Å²) in [5.41, 5.74) is -6.52. The molecule has 0 radical (unpaired) electrons. The van der Waals surface area contributed by atoms with E-state index in [1.165, 1.54) is 0 Å². The summed E-state index contributed by atoms with van der Waals surface area (Å²) in [5.74, 6) is 0. The molecule has 0 amide bonds. The van der Waals surface area contributed by atoms with Gasteiger partial charge in [0.2, 0.25) is 0 Å². The van der Waals surface area contributed by atoms with Crippen LogP contribution in [0.1, 0.15) is 0 Å². The monoisotopic (exact) mass is 273 g/mol. The molecule has 18 heavy (non-hydrogen) atoms. The second kappa shape index (κ2) is 5.38. The fourth-order valence-corrected chi connectivity index (χ4v) is 1.01. The van der Waals surface area contributed by atoms with Gasteiger partial charge in [-0.1, -0.05) is 25.3 Å². The Morgan fingerprint density at radius 1 is 1.00 bits per heavy atom. The molecule has 0 rings (SSSR count). The molecule has 0 fully saturated rings. The van der Waals surface area contributed by atoms with Crippen molar-refractivity contribution < 1.29 is 31.4 Å². The van der Waals surface area contributed by atoms with Crippen molar-refractivity contribution in [2.24, 2.45) is 4.99 Å². The van der Waals surface area contributed by atoms with Crippen molar-refractivity contribution in [2.45, 2.75) is 18.0 Å². The predicted molar refractivity (Wildman–Crippen MR) is 54.0 cm³/mol. The summed E-state index contributed by atoms with van der Waals surface area (Å²) in [6.45, 7) is 5.98. The molecule has 102 valence electrons. The minimum atomic E-state index is -5.95. The average Bonchev–Trinajstić information content (AvgIpc) is 2.19. The average molecular weight is 273 g/mol. The van der Waals surface area contributed by atoms with Crippen molar-refractivity contribution >= 4 is 6.21 Å². The SMILES string of the molecule is C=C/C=C(\C=NC=C)C(O)(C(F)(F)F)C(F)(F)F. The Morgan fingerprint density at radius 2 is 1.44 bits per heavy atom. The second-order valence-electron chi connectivity index (χ2n) is 3.02. The molecule has 0 saturated heterocycles. The smallest absolute Gasteiger partial charge is 0.369 e. The molecule has 0 bridgehead atoms. The molecule has 0 aromatic carbocycles. The van der Waals surface area contributed by atoms with Crippen LogP contribution in [0, 0.1) is 0 Å². The zero-order valence-corrected chi connectivity index (χ0v) is 8.89. The molecule has 0 heterocycles. The second-order valence-corrected chi connectivity index (χ2v) is 3.02. The number of halogens is 6. The first-order valence-corrected chi connectivity index (χ1v) is 4.35. The van der Waals surface area contributed by atoms with Gasteiger partial charge in [0.05, 0.1) is 0 Å². The first-order valence-electron chi connectivity index (χ1n) is 4.35. The van der Waals surface area contributed by atoms with Gasteiger partial charge >= 0.3 is 12.4 Å². The minimum absolute atomic E-state index is 0.218. The third-order valence-electron chi connectivity index (χ3n) is 1.85. The number of alkyl halides is 6. The first-order chi connectivity index (χ1) is 8.02. The van der Waals surface area contributed by atoms with E-state index < -0.39 is 23.5 Å². The standard InChI is InChI=1S/C10H9F6NO/c1-3-5-7(6-17-4-2)8(18,9(11,12)13)10(14,15)16/h3-6,18H,1-2H2/b7-5+,17-6?. The molecule has 0 aliphatic heterocycles. The van der Waals surface area contributed by atoms with Crippen LogP contribution in [0.4, 0.5) is 26.3 Å². The third kappa shape index (κ3) is 3.00. The van der Waals surface area contributed by atoms with Crippen LogP contribution in [0.5, 0.6) is 0 Å². The van der Waals surface area contributed by atoms with E-state index >= 15 is 0 Å². The predicted octanol–water partition coefficient (Wildman–Crippen LogP) is 3.17. The van der Waals surface area contributed by atoms with Gasteiger partial charge in [0.1, 0.15) is 0 Å². The number of hydrogen-bond donors (Lipinski definition) is 1. The van der Waals surface area contributed by atoms with Gasteiger partial charge in [-0.05, 0) is 0 Å². The van der Waals surface area contributed by atoms with Crippen molar-refractivity contribution in [1.29, 1.82) is 0 Å². The van der Waals surface area contributed by atoms with Crippen molar-refractivity contribution in [1.82, 2.24) is 0 Å². The molecule has 1 N–H and O–H groups in total. The van der Waals surface area contributed by atoms with Crippen LogP contribution in [-0.4, -0.2) is 29.3 Å². The van der Waals surface area contributed by atoms with Crippen molar-refractivity contribution in [3.63, 3.8) is 0 Å². The largest absolute Gasteiger partial charge is 0.430 e. The molecular formula is C10H9F6NO. The number of aliphatic imine (C=N–C) groups is 1. The minimum Gasteiger partial charge on any atom is -0.369 e. The van der Waals surface area contributed by atoms with Crippen molar-refractivity contribution in [3.8, 4) is 0 Å². The highest BCUT2D eigenvalue weighted by Crippen LogP contribution is 2.47. The van der Waals surface area contributed by atoms with Gasteiger partial charge in [-0.2, -0.15) is 26.3 Å². The van der Waals surface area contributed by atoms with Crippen LogP contribution >= 0.6 is 0 Å². The fraction of sp³-hybridized carbons (Fsp3) is 0.300. The Hall–Kier alpha value is -1.57. The lowest BCUT2D eigenvalue weighted by molar-refractivity contribution is -0.350. The van der Waals surface area contributed by atoms with Crippen LogP contribution in [0.15, 0.2) is 42.1 Å². The van der Waals surface area contributed by atoms with Gasteiger partial charge in [-0.15, -0.1) is 0 Å². The summed E-state index contributed by atoms with van der Waals surface area (Å²) in [6.07, 6.45) is -9.92. The highest BCUT2D eigenvalue weighted by atomic mass is 19.4. The van der Waals surface area contributed by atoms with E-state index in [1.54, 1.807) is 0 Å². The fourth-order valence-electron chi connectivity index (χ4n) is 1.01. The zero-order chi connectivity index (χ0) is 14.6. The van der Waals surface area contributed by atoms with E-state index in [-0.39, 0.29) is 6.21 Å². The molecule has 0 aromatic rings. The van der Waals surface area contributed by atoms with Gasteiger partial charge in [-0.3, -0.25) is 4.99 Å². The first kappa shape index (κ1) is 16.4. The highest BCUT2D eigenvalue weighted by molar-refractivity contribution is 5.83. The Balaban J connectivity index is 6.00. The molecule has 0 unspecified atom stereocenters. The summed E-state index contributed by atoms with van der Waals surface area (Å²) in [7, 11) is 0. The van der Waals surface area contributed by atoms with Crippen LogP contribution in [0.3, 0.4) is 0 Å². The molecular weight excluding hydrogens is 264 g/mol. The van der Waals surface area contributed by atoms with E-state index in [1.807, 2.05) is 0 Å². The van der Waals surface area contributed by atoms with Crippen LogP contribution in [0.25, 0.3) is 0 Å². The normalized spacial score (nSPS) is 14.9. The Morgan fingerprint density at radius 3 is 1.72 bits per heavy atom. The topological polar surface area (TPSA) is 32.6 Å². The van der Waals surface area contributed by atoms with Crippen molar-refractivity contribution in [2.75, 3.05) is 0 Å². The zero-order valence-electron chi connectivity index (χ0n) is 8.89. The van der Waals surface area contributed by atoms with Gasteiger partial charge in [0.25, 0.3) is 5.60 Å². The quantitative estimate of drug-likeness (QED) is 0.476. The van der Waals surface area contributed by atoms with E-state index in [0.717, 1.165) is 6.20 Å². The Kier molecular flexibility index (Phi) is 4.91. The van der Waals surface area contributed by atoms with Crippen molar-refractivity contribution in [3.05, 3.63) is 37.1 Å². The molecule has 0 aliphatic rings. The van der Waals surface area contributed by atoms with E-state index in [0.29, 0.717) is 12.2 Å². The molecule has 0 saturated carbocycles. The third-order valence-corrected chi connectivity index (χ3v) is 1.85.